The van der Waals surface area contributed by atoms with Crippen LogP contribution < -0.4 is 4.72 Å². The van der Waals surface area contributed by atoms with Gasteiger partial charge in [-0.15, -0.1) is 0 Å². The molecule has 0 bridgehead atoms. The van der Waals surface area contributed by atoms with Crippen molar-refractivity contribution in [3.05, 3.63) is 70.6 Å². The third kappa shape index (κ3) is 4.34. The summed E-state index contributed by atoms with van der Waals surface area (Å²) in [6.45, 7) is 5.75. The first-order chi connectivity index (χ1) is 12.3. The maximum absolute atomic E-state index is 12.3. The van der Waals surface area contributed by atoms with Gasteiger partial charge in [0.1, 0.15) is 12.1 Å². The van der Waals surface area contributed by atoms with Crippen LogP contribution in [0.1, 0.15) is 22.5 Å². The van der Waals surface area contributed by atoms with Crippen molar-refractivity contribution in [1.82, 2.24) is 19.7 Å². The van der Waals surface area contributed by atoms with E-state index >= 15 is 0 Å². The van der Waals surface area contributed by atoms with Crippen molar-refractivity contribution in [2.75, 3.05) is 4.72 Å². The minimum Gasteiger partial charge on any atom is -0.264 e. The zero-order valence-corrected chi connectivity index (χ0v) is 15.5. The molecule has 0 atom stereocenters. The first-order valence-corrected chi connectivity index (χ1v) is 9.50. The summed E-state index contributed by atoms with van der Waals surface area (Å²) in [7, 11) is -3.70. The Morgan fingerprint density at radius 2 is 1.77 bits per heavy atom. The molecule has 3 rings (SSSR count). The maximum atomic E-state index is 12.3. The number of rotatable bonds is 5. The van der Waals surface area contributed by atoms with Crippen LogP contribution in [-0.2, 0) is 10.0 Å². The number of nitrogens with zero attached hydrogens (tertiary/aromatic N) is 4. The molecule has 0 aliphatic heterocycles. The number of nitrogens with one attached hydrogen (secondary N) is 1. The van der Waals surface area contributed by atoms with Gasteiger partial charge >= 0.3 is 0 Å². The van der Waals surface area contributed by atoms with Crippen molar-refractivity contribution in [3.8, 4) is 5.82 Å². The predicted molar refractivity (Wildman–Crippen MR) is 101 cm³/mol. The molecule has 7 nitrogen and oxygen atoms in total. The number of sulfonamides is 1. The fourth-order valence-electron chi connectivity index (χ4n) is 2.40. The third-order valence-electron chi connectivity index (χ3n) is 3.64. The summed E-state index contributed by atoms with van der Waals surface area (Å²) in [5.41, 5.74) is 3.66. The number of aryl methyl sites for hydroxylation is 3. The standard InChI is InChI=1S/C18H19N5O2S/c1-13-4-6-16(7-5-13)8-9-26(24,25)22-17-11-18(20-12-19-17)23-15(3)10-14(2)21-23/h4-12H,1-3H3,(H,19,20,22)/b9-8+. The Hall–Kier alpha value is -3.00. The molecule has 8 heteroatoms. The Bertz CT molecular complexity index is 1050. The van der Waals surface area contributed by atoms with Gasteiger partial charge in [-0.3, -0.25) is 4.72 Å². The molecule has 0 aliphatic rings. The highest BCUT2D eigenvalue weighted by atomic mass is 32.2. The van der Waals surface area contributed by atoms with Crippen molar-refractivity contribution < 1.29 is 8.42 Å². The van der Waals surface area contributed by atoms with Gasteiger partial charge in [-0.1, -0.05) is 29.8 Å². The van der Waals surface area contributed by atoms with Gasteiger partial charge in [0.05, 0.1) is 11.1 Å². The van der Waals surface area contributed by atoms with Crippen LogP contribution in [0.25, 0.3) is 11.9 Å². The molecule has 0 amide bonds. The molecule has 134 valence electrons. The van der Waals surface area contributed by atoms with E-state index in [9.17, 15) is 8.42 Å². The van der Waals surface area contributed by atoms with Crippen molar-refractivity contribution in [3.63, 3.8) is 0 Å². The summed E-state index contributed by atoms with van der Waals surface area (Å²) < 4.78 is 28.6. The second-order valence-electron chi connectivity index (χ2n) is 5.96. The minimum atomic E-state index is -3.70. The predicted octanol–water partition coefficient (Wildman–Crippen LogP) is 3.00. The summed E-state index contributed by atoms with van der Waals surface area (Å²) in [5.74, 6) is 0.668. The van der Waals surface area contributed by atoms with Gasteiger partial charge in [0.2, 0.25) is 0 Å². The summed E-state index contributed by atoms with van der Waals surface area (Å²) in [5, 5.41) is 5.45. The molecule has 0 spiro atoms. The molecule has 0 saturated heterocycles. The molecule has 0 fully saturated rings. The first-order valence-electron chi connectivity index (χ1n) is 7.96. The summed E-state index contributed by atoms with van der Waals surface area (Å²) in [6, 6.07) is 11.0. The number of aromatic nitrogens is 4. The average molecular weight is 369 g/mol. The first kappa shape index (κ1) is 17.8. The van der Waals surface area contributed by atoms with Gasteiger partial charge in [0.25, 0.3) is 10.0 Å². The van der Waals surface area contributed by atoms with Crippen LogP contribution in [0.4, 0.5) is 5.82 Å². The molecule has 0 radical (unpaired) electrons. The zero-order valence-electron chi connectivity index (χ0n) is 14.7. The lowest BCUT2D eigenvalue weighted by atomic mass is 10.2. The molecule has 1 aromatic carbocycles. The summed E-state index contributed by atoms with van der Waals surface area (Å²) >= 11 is 0. The monoisotopic (exact) mass is 369 g/mol. The lowest BCUT2D eigenvalue weighted by molar-refractivity contribution is 0.609. The van der Waals surface area contributed by atoms with Gasteiger partial charge in [-0.25, -0.2) is 23.1 Å². The van der Waals surface area contributed by atoms with Gasteiger partial charge in [0, 0.05) is 11.8 Å². The number of anilines is 1. The van der Waals surface area contributed by atoms with Crippen LogP contribution in [0.5, 0.6) is 0 Å². The minimum absolute atomic E-state index is 0.177. The largest absolute Gasteiger partial charge is 0.264 e. The third-order valence-corrected chi connectivity index (χ3v) is 4.63. The highest BCUT2D eigenvalue weighted by Gasteiger charge is 2.10. The molecule has 0 saturated carbocycles. The Kier molecular flexibility index (Phi) is 4.85. The molecule has 0 aliphatic carbocycles. The van der Waals surface area contributed by atoms with Crippen LogP contribution in [-0.4, -0.2) is 28.2 Å². The van der Waals surface area contributed by atoms with E-state index in [1.54, 1.807) is 4.68 Å². The van der Waals surface area contributed by atoms with E-state index in [1.807, 2.05) is 51.1 Å². The molecule has 1 N–H and O–H groups in total. The zero-order chi connectivity index (χ0) is 18.7. The summed E-state index contributed by atoms with van der Waals surface area (Å²) in [4.78, 5) is 8.13. The van der Waals surface area contributed by atoms with Gasteiger partial charge in [-0.05, 0) is 38.5 Å². The molecule has 2 aromatic heterocycles. The molecular formula is C18H19N5O2S. The highest BCUT2D eigenvalue weighted by Crippen LogP contribution is 2.14. The number of hydrogen-bond acceptors (Lipinski definition) is 5. The van der Waals surface area contributed by atoms with Gasteiger partial charge in [0.15, 0.2) is 5.82 Å². The maximum Gasteiger partial charge on any atom is 0.256 e. The van der Waals surface area contributed by atoms with Crippen molar-refractivity contribution in [2.45, 2.75) is 20.8 Å². The van der Waals surface area contributed by atoms with E-state index in [0.29, 0.717) is 5.82 Å². The molecular weight excluding hydrogens is 350 g/mol. The fourth-order valence-corrected chi connectivity index (χ4v) is 3.21. The number of benzene rings is 1. The topological polar surface area (TPSA) is 89.8 Å². The normalized spacial score (nSPS) is 11.8. The van der Waals surface area contributed by atoms with Crippen LogP contribution in [0, 0.1) is 20.8 Å². The SMILES string of the molecule is Cc1ccc(/C=C/S(=O)(=O)Nc2cc(-n3nc(C)cc3C)ncn2)cc1. The van der Waals surface area contributed by atoms with E-state index in [-0.39, 0.29) is 5.82 Å². The summed E-state index contributed by atoms with van der Waals surface area (Å²) in [6.07, 6.45) is 2.83. The van der Waals surface area contributed by atoms with Crippen LogP contribution in [0.2, 0.25) is 0 Å². The number of hydrogen-bond donors (Lipinski definition) is 1. The van der Waals surface area contributed by atoms with Crippen LogP contribution in [0.3, 0.4) is 0 Å². The fraction of sp³-hybridized carbons (Fsp3) is 0.167. The van der Waals surface area contributed by atoms with E-state index in [2.05, 4.69) is 19.8 Å². The van der Waals surface area contributed by atoms with E-state index in [4.69, 9.17) is 0 Å². The average Bonchev–Trinajstić information content (AvgIpc) is 2.93. The van der Waals surface area contributed by atoms with E-state index in [0.717, 1.165) is 27.9 Å². The van der Waals surface area contributed by atoms with Gasteiger partial charge in [-0.2, -0.15) is 5.10 Å². The molecule has 0 unspecified atom stereocenters. The Balaban J connectivity index is 1.80. The smallest absolute Gasteiger partial charge is 0.256 e. The second-order valence-corrected chi connectivity index (χ2v) is 7.53. The highest BCUT2D eigenvalue weighted by molar-refractivity contribution is 7.95. The quantitative estimate of drug-likeness (QED) is 0.747. The Morgan fingerprint density at radius 1 is 1.04 bits per heavy atom. The Morgan fingerprint density at radius 3 is 2.42 bits per heavy atom. The van der Waals surface area contributed by atoms with Crippen molar-refractivity contribution in [1.29, 1.82) is 0 Å². The van der Waals surface area contributed by atoms with Crippen molar-refractivity contribution >= 4 is 21.9 Å². The molecule has 2 heterocycles. The van der Waals surface area contributed by atoms with Crippen molar-refractivity contribution in [2.24, 2.45) is 0 Å². The Labute approximate surface area is 152 Å². The lowest BCUT2D eigenvalue weighted by Gasteiger charge is -2.07. The van der Waals surface area contributed by atoms with E-state index < -0.39 is 10.0 Å². The molecule has 26 heavy (non-hydrogen) atoms. The van der Waals surface area contributed by atoms with Crippen LogP contribution >= 0.6 is 0 Å². The van der Waals surface area contributed by atoms with Gasteiger partial charge < -0.3 is 0 Å². The van der Waals surface area contributed by atoms with Crippen LogP contribution in [0.15, 0.2) is 48.1 Å². The second kappa shape index (κ2) is 7.09. The van der Waals surface area contributed by atoms with E-state index in [1.165, 1.54) is 18.5 Å². The lowest BCUT2D eigenvalue weighted by Crippen LogP contribution is -2.11. The molecule has 3 aromatic rings.